The van der Waals surface area contributed by atoms with Crippen molar-refractivity contribution in [1.82, 2.24) is 19.5 Å². The van der Waals surface area contributed by atoms with Gasteiger partial charge < -0.3 is 26.0 Å². The number of nitrogens with two attached hydrogens (primary N) is 1. The summed E-state index contributed by atoms with van der Waals surface area (Å²) in [5.74, 6) is 1.41. The molecule has 4 rings (SSSR count). The van der Waals surface area contributed by atoms with E-state index in [0.29, 0.717) is 25.5 Å². The molecule has 1 aliphatic heterocycles. The van der Waals surface area contributed by atoms with Crippen LogP contribution in [0.5, 0.6) is 5.75 Å². The highest BCUT2D eigenvalue weighted by atomic mass is 16.5. The Morgan fingerprint density at radius 1 is 1.25 bits per heavy atom. The molecule has 1 aromatic carbocycles. The summed E-state index contributed by atoms with van der Waals surface area (Å²) in [7, 11) is 1.63. The molecule has 0 aliphatic carbocycles. The van der Waals surface area contributed by atoms with Crippen molar-refractivity contribution in [2.45, 2.75) is 24.8 Å². The third kappa shape index (κ3) is 3.65. The lowest BCUT2D eigenvalue weighted by Gasteiger charge is -2.37. The highest BCUT2D eigenvalue weighted by molar-refractivity contribution is 5.76. The van der Waals surface area contributed by atoms with E-state index in [9.17, 15) is 10.2 Å². The molecular formula is C19H24N6O3. The summed E-state index contributed by atoms with van der Waals surface area (Å²) in [6.07, 6.45) is 1.84. The quantitative estimate of drug-likeness (QED) is 0.497. The fourth-order valence-corrected chi connectivity index (χ4v) is 3.55. The Balaban J connectivity index is 1.62. The molecule has 3 aromatic rings. The third-order valence-corrected chi connectivity index (χ3v) is 5.04. The minimum Gasteiger partial charge on any atom is -0.497 e. The Kier molecular flexibility index (Phi) is 5.14. The van der Waals surface area contributed by atoms with E-state index in [0.717, 1.165) is 22.5 Å². The minimum absolute atomic E-state index is 0.405. The molecule has 0 amide bonds. The first-order valence-corrected chi connectivity index (χ1v) is 9.11. The molecule has 9 nitrogen and oxygen atoms in total. The Morgan fingerprint density at radius 2 is 2.04 bits per heavy atom. The lowest BCUT2D eigenvalue weighted by atomic mass is 9.99. The molecule has 1 aliphatic rings. The second-order valence-electron chi connectivity index (χ2n) is 7.01. The number of aliphatic hydroxyl groups is 2. The zero-order valence-electron chi connectivity index (χ0n) is 15.6. The first-order chi connectivity index (χ1) is 13.5. The van der Waals surface area contributed by atoms with Gasteiger partial charge in [-0.15, -0.1) is 0 Å². The van der Waals surface area contributed by atoms with Gasteiger partial charge in [0.1, 0.15) is 17.6 Å². The van der Waals surface area contributed by atoms with Gasteiger partial charge in [-0.1, -0.05) is 6.07 Å². The number of β-amino-alcohol motifs (C(OH)–C–C–N with tert-alkyl or cyclic N) is 2. The van der Waals surface area contributed by atoms with E-state index in [1.54, 1.807) is 11.6 Å². The average Bonchev–Trinajstić information content (AvgIpc) is 3.10. The summed E-state index contributed by atoms with van der Waals surface area (Å²) in [4.78, 5) is 6.39. The van der Waals surface area contributed by atoms with Crippen molar-refractivity contribution < 1.29 is 14.9 Å². The number of aliphatic hydroxyl groups excluding tert-OH is 2. The standard InChI is InChI=1S/C19H24N6O3/c1-28-14-4-2-3-13(7-14)23-19-18-12(5-6-25(18)22-11-21-19)8-24-9-15(26)17(20)16(27)10-24/h2-7,11,15-17,26-27H,8-10,20H2,1H3,(H,21,22,23)/t15-,16+,17?. The maximum Gasteiger partial charge on any atom is 0.158 e. The molecule has 1 unspecified atom stereocenters. The number of ether oxygens (including phenoxy) is 1. The first-order valence-electron chi connectivity index (χ1n) is 9.11. The Bertz CT molecular complexity index is 950. The number of methoxy groups -OCH3 is 1. The number of nitrogens with zero attached hydrogens (tertiary/aromatic N) is 4. The summed E-state index contributed by atoms with van der Waals surface area (Å²) in [5.41, 5.74) is 8.48. The number of likely N-dealkylation sites (tertiary alicyclic amines) is 1. The minimum atomic E-state index is -0.761. The fourth-order valence-electron chi connectivity index (χ4n) is 3.55. The van der Waals surface area contributed by atoms with Gasteiger partial charge in [0.05, 0.1) is 25.4 Å². The van der Waals surface area contributed by atoms with Crippen LogP contribution in [0.4, 0.5) is 11.5 Å². The van der Waals surface area contributed by atoms with Gasteiger partial charge in [-0.25, -0.2) is 9.50 Å². The number of hydrogen-bond donors (Lipinski definition) is 4. The Morgan fingerprint density at radius 3 is 2.79 bits per heavy atom. The van der Waals surface area contributed by atoms with E-state index in [4.69, 9.17) is 10.5 Å². The molecule has 3 atom stereocenters. The molecule has 0 saturated carbocycles. The van der Waals surface area contributed by atoms with E-state index < -0.39 is 18.2 Å². The SMILES string of the molecule is COc1cccc(Nc2ncnn3ccc(CN4C[C@@H](O)C(N)[C@@H](O)C4)c23)c1. The molecule has 28 heavy (non-hydrogen) atoms. The van der Waals surface area contributed by atoms with Crippen LogP contribution in [0.15, 0.2) is 42.9 Å². The van der Waals surface area contributed by atoms with Crippen LogP contribution in [0.3, 0.4) is 0 Å². The zero-order valence-corrected chi connectivity index (χ0v) is 15.6. The second-order valence-corrected chi connectivity index (χ2v) is 7.01. The Hall–Kier alpha value is -2.72. The van der Waals surface area contributed by atoms with E-state index in [-0.39, 0.29) is 0 Å². The van der Waals surface area contributed by atoms with Crippen LogP contribution in [-0.2, 0) is 6.54 Å². The summed E-state index contributed by atoms with van der Waals surface area (Å²) < 4.78 is 7.03. The highest BCUT2D eigenvalue weighted by Gasteiger charge is 2.32. The van der Waals surface area contributed by atoms with E-state index in [1.165, 1.54) is 6.33 Å². The smallest absolute Gasteiger partial charge is 0.158 e. The fraction of sp³-hybridized carbons (Fsp3) is 0.368. The molecule has 1 fully saturated rings. The van der Waals surface area contributed by atoms with E-state index in [1.807, 2.05) is 41.4 Å². The predicted molar refractivity (Wildman–Crippen MR) is 105 cm³/mol. The number of piperidine rings is 1. The van der Waals surface area contributed by atoms with Crippen molar-refractivity contribution in [2.75, 3.05) is 25.5 Å². The van der Waals surface area contributed by atoms with Crippen molar-refractivity contribution in [3.05, 3.63) is 48.4 Å². The summed E-state index contributed by atoms with van der Waals surface area (Å²) in [5, 5.41) is 27.8. The molecule has 148 valence electrons. The molecule has 0 spiro atoms. The Labute approximate surface area is 162 Å². The number of benzene rings is 1. The molecule has 3 heterocycles. The van der Waals surface area contributed by atoms with Crippen LogP contribution in [0.2, 0.25) is 0 Å². The molecule has 2 aromatic heterocycles. The molecular weight excluding hydrogens is 360 g/mol. The number of anilines is 2. The normalized spacial score (nSPS) is 23.1. The van der Waals surface area contributed by atoms with Crippen molar-refractivity contribution >= 4 is 17.0 Å². The number of aromatic nitrogens is 3. The summed E-state index contributed by atoms with van der Waals surface area (Å²) >= 11 is 0. The zero-order chi connectivity index (χ0) is 19.7. The number of nitrogens with one attached hydrogen (secondary N) is 1. The first kappa shape index (κ1) is 18.6. The number of fused-ring (bicyclic) bond motifs is 1. The van der Waals surface area contributed by atoms with E-state index >= 15 is 0 Å². The van der Waals surface area contributed by atoms with Crippen LogP contribution in [0, 0.1) is 0 Å². The molecule has 5 N–H and O–H groups in total. The van der Waals surface area contributed by atoms with Gasteiger partial charge in [0.15, 0.2) is 5.82 Å². The molecule has 0 bridgehead atoms. The number of hydrogen-bond acceptors (Lipinski definition) is 8. The van der Waals surface area contributed by atoms with Gasteiger partial charge in [0.25, 0.3) is 0 Å². The molecule has 0 radical (unpaired) electrons. The van der Waals surface area contributed by atoms with Crippen molar-refractivity contribution in [3.8, 4) is 5.75 Å². The molecule has 9 heteroatoms. The van der Waals surface area contributed by atoms with Crippen molar-refractivity contribution in [1.29, 1.82) is 0 Å². The maximum absolute atomic E-state index is 10.1. The summed E-state index contributed by atoms with van der Waals surface area (Å²) in [6.45, 7) is 1.35. The van der Waals surface area contributed by atoms with Gasteiger partial charge in [-0.05, 0) is 23.8 Å². The third-order valence-electron chi connectivity index (χ3n) is 5.04. The number of rotatable bonds is 5. The van der Waals surface area contributed by atoms with Gasteiger partial charge >= 0.3 is 0 Å². The highest BCUT2D eigenvalue weighted by Crippen LogP contribution is 2.26. The largest absolute Gasteiger partial charge is 0.497 e. The van der Waals surface area contributed by atoms with Crippen LogP contribution in [0.25, 0.3) is 5.52 Å². The summed E-state index contributed by atoms with van der Waals surface area (Å²) in [6, 6.07) is 8.95. The topological polar surface area (TPSA) is 121 Å². The molecule has 1 saturated heterocycles. The van der Waals surface area contributed by atoms with E-state index in [2.05, 4.69) is 15.4 Å². The van der Waals surface area contributed by atoms with Gasteiger partial charge in [-0.2, -0.15) is 5.10 Å². The van der Waals surface area contributed by atoms with Crippen molar-refractivity contribution in [2.24, 2.45) is 5.73 Å². The predicted octanol–water partition coefficient (Wildman–Crippen LogP) is 0.346. The second kappa shape index (κ2) is 7.72. The maximum atomic E-state index is 10.1. The van der Waals surface area contributed by atoms with Crippen molar-refractivity contribution in [3.63, 3.8) is 0 Å². The lowest BCUT2D eigenvalue weighted by molar-refractivity contribution is -0.0289. The van der Waals surface area contributed by atoms with Crippen LogP contribution in [-0.4, -0.2) is 68.2 Å². The van der Waals surface area contributed by atoms with Crippen LogP contribution >= 0.6 is 0 Å². The van der Waals surface area contributed by atoms with Gasteiger partial charge in [-0.3, -0.25) is 4.90 Å². The van der Waals surface area contributed by atoms with Gasteiger partial charge in [0.2, 0.25) is 0 Å². The lowest BCUT2D eigenvalue weighted by Crippen LogP contribution is -2.58. The monoisotopic (exact) mass is 384 g/mol. The van der Waals surface area contributed by atoms with Crippen LogP contribution in [0.1, 0.15) is 5.56 Å². The van der Waals surface area contributed by atoms with Crippen LogP contribution < -0.4 is 15.8 Å². The average molecular weight is 384 g/mol. The van der Waals surface area contributed by atoms with Gasteiger partial charge in [0, 0.05) is 37.6 Å².